The number of hydrogen-bond acceptors (Lipinski definition) is 4. The fourth-order valence-corrected chi connectivity index (χ4v) is 3.42. The van der Waals surface area contributed by atoms with E-state index >= 15 is 0 Å². The van der Waals surface area contributed by atoms with Crippen molar-refractivity contribution in [1.29, 1.82) is 0 Å². The van der Waals surface area contributed by atoms with E-state index in [-0.39, 0.29) is 12.5 Å². The maximum absolute atomic E-state index is 14.3. The summed E-state index contributed by atoms with van der Waals surface area (Å²) in [5.74, 6) is 1.57. The van der Waals surface area contributed by atoms with Gasteiger partial charge in [-0.05, 0) is 80.6 Å². The van der Waals surface area contributed by atoms with Crippen molar-refractivity contribution in [2.45, 2.75) is 46.2 Å². The summed E-state index contributed by atoms with van der Waals surface area (Å²) in [4.78, 5) is 14.7. The Morgan fingerprint density at radius 2 is 1.78 bits per heavy atom. The molecule has 0 fully saturated rings. The molecule has 6 heteroatoms. The largest absolute Gasteiger partial charge is 0.497 e. The Morgan fingerprint density at radius 3 is 2.44 bits per heavy atom. The quantitative estimate of drug-likeness (QED) is 0.419. The number of rotatable bonds is 14. The summed E-state index contributed by atoms with van der Waals surface area (Å²) in [5, 5.41) is 3.10. The molecule has 0 aliphatic heterocycles. The lowest BCUT2D eigenvalue weighted by Gasteiger charge is -2.23. The molecule has 0 aliphatic carbocycles. The van der Waals surface area contributed by atoms with Crippen LogP contribution in [-0.2, 0) is 0 Å². The number of aryl methyl sites for hydroxylation is 2. The fraction of sp³-hybridized carbons (Fsp3) is 0.500. The normalized spacial score (nSPS) is 11.8. The van der Waals surface area contributed by atoms with Gasteiger partial charge in [-0.1, -0.05) is 13.0 Å². The Bertz CT molecular complexity index is 826. The Hall–Kier alpha value is -2.60. The molecule has 32 heavy (non-hydrogen) atoms. The van der Waals surface area contributed by atoms with Crippen molar-refractivity contribution >= 4 is 5.91 Å². The second kappa shape index (κ2) is 13.7. The first-order valence-corrected chi connectivity index (χ1v) is 11.4. The summed E-state index contributed by atoms with van der Waals surface area (Å²) in [6, 6.07) is 13.2. The molecule has 2 rings (SSSR count). The third-order valence-corrected chi connectivity index (χ3v) is 5.45. The molecule has 1 N–H and O–H groups in total. The highest BCUT2D eigenvalue weighted by Crippen LogP contribution is 2.17. The van der Waals surface area contributed by atoms with Crippen LogP contribution >= 0.6 is 0 Å². The van der Waals surface area contributed by atoms with Gasteiger partial charge in [0, 0.05) is 31.7 Å². The number of carbonyl (C=O) groups excluding carboxylic acids is 1. The van der Waals surface area contributed by atoms with Crippen LogP contribution in [0.1, 0.15) is 47.7 Å². The highest BCUT2D eigenvalue weighted by Gasteiger charge is 2.16. The Kier molecular flexibility index (Phi) is 11.0. The molecule has 2 aromatic rings. The van der Waals surface area contributed by atoms with Gasteiger partial charge in [-0.15, -0.1) is 0 Å². The van der Waals surface area contributed by atoms with E-state index in [1.807, 2.05) is 61.2 Å². The van der Waals surface area contributed by atoms with Crippen LogP contribution in [0.2, 0.25) is 0 Å². The summed E-state index contributed by atoms with van der Waals surface area (Å²) in [5.41, 5.74) is 2.99. The van der Waals surface area contributed by atoms with Crippen molar-refractivity contribution in [2.24, 2.45) is 0 Å². The van der Waals surface area contributed by atoms with E-state index in [0.29, 0.717) is 44.6 Å². The summed E-state index contributed by atoms with van der Waals surface area (Å²) < 4.78 is 25.0. The molecule has 0 aliphatic rings. The molecule has 5 nitrogen and oxygen atoms in total. The number of nitrogens with one attached hydrogen (secondary N) is 1. The van der Waals surface area contributed by atoms with Crippen molar-refractivity contribution in [3.63, 3.8) is 0 Å². The maximum atomic E-state index is 14.3. The van der Waals surface area contributed by atoms with Crippen molar-refractivity contribution in [3.05, 3.63) is 59.2 Å². The summed E-state index contributed by atoms with van der Waals surface area (Å²) >= 11 is 0. The van der Waals surface area contributed by atoms with Crippen LogP contribution in [0.4, 0.5) is 4.39 Å². The molecule has 1 amide bonds. The first-order chi connectivity index (χ1) is 15.4. The second-order valence-corrected chi connectivity index (χ2v) is 8.06. The second-order valence-electron chi connectivity index (χ2n) is 8.06. The van der Waals surface area contributed by atoms with E-state index in [9.17, 15) is 9.18 Å². The lowest BCUT2D eigenvalue weighted by atomic mass is 10.1. The average Bonchev–Trinajstić information content (AvgIpc) is 2.80. The summed E-state index contributed by atoms with van der Waals surface area (Å²) in [6.07, 6.45) is 0.996. The fourth-order valence-electron chi connectivity index (χ4n) is 3.42. The number of benzene rings is 2. The zero-order valence-corrected chi connectivity index (χ0v) is 19.8. The molecule has 1 unspecified atom stereocenters. The van der Waals surface area contributed by atoms with Gasteiger partial charge >= 0.3 is 0 Å². The molecule has 0 aromatic heterocycles. The third-order valence-electron chi connectivity index (χ3n) is 5.45. The van der Waals surface area contributed by atoms with Gasteiger partial charge in [0.1, 0.15) is 24.3 Å². The number of alkyl halides is 1. The van der Waals surface area contributed by atoms with Crippen LogP contribution in [0.5, 0.6) is 11.5 Å². The first kappa shape index (κ1) is 25.7. The van der Waals surface area contributed by atoms with Crippen LogP contribution in [0.15, 0.2) is 42.5 Å². The number of methoxy groups -OCH3 is 1. The van der Waals surface area contributed by atoms with Crippen LogP contribution in [0, 0.1) is 13.8 Å². The van der Waals surface area contributed by atoms with Crippen LogP contribution < -0.4 is 14.8 Å². The molecular weight excluding hydrogens is 407 g/mol. The van der Waals surface area contributed by atoms with E-state index in [1.165, 1.54) is 5.56 Å². The monoisotopic (exact) mass is 444 g/mol. The minimum Gasteiger partial charge on any atom is -0.497 e. The maximum Gasteiger partial charge on any atom is 0.253 e. The van der Waals surface area contributed by atoms with E-state index in [1.54, 1.807) is 7.11 Å². The van der Waals surface area contributed by atoms with Crippen LogP contribution in [0.25, 0.3) is 0 Å². The van der Waals surface area contributed by atoms with Crippen LogP contribution in [0.3, 0.4) is 0 Å². The minimum atomic E-state index is -0.948. The van der Waals surface area contributed by atoms with Gasteiger partial charge in [-0.3, -0.25) is 4.79 Å². The number of carbonyl (C=O) groups is 1. The molecule has 1 atom stereocenters. The molecule has 0 spiro atoms. The topological polar surface area (TPSA) is 50.8 Å². The molecular formula is C26H37FN2O3. The van der Waals surface area contributed by atoms with Crippen molar-refractivity contribution in [1.82, 2.24) is 10.2 Å². The average molecular weight is 445 g/mol. The number of halogens is 1. The standard InChI is InChI=1S/C26H37FN2O3/c1-5-15-29(26(30)22-9-8-20(2)21(3)18-22)16-6-7-23(27)19-28-14-17-32-25-12-10-24(31-4)11-13-25/h8-13,18,23,28H,5-7,14-17,19H2,1-4H3. The van der Waals surface area contributed by atoms with Gasteiger partial charge in [-0.25, -0.2) is 4.39 Å². The molecule has 0 saturated carbocycles. The van der Waals surface area contributed by atoms with Crippen molar-refractivity contribution in [3.8, 4) is 11.5 Å². The lowest BCUT2D eigenvalue weighted by molar-refractivity contribution is 0.0748. The molecule has 0 radical (unpaired) electrons. The smallest absolute Gasteiger partial charge is 0.253 e. The molecule has 2 aromatic carbocycles. The first-order valence-electron chi connectivity index (χ1n) is 11.4. The molecule has 0 bridgehead atoms. The van der Waals surface area contributed by atoms with Gasteiger partial charge < -0.3 is 19.7 Å². The van der Waals surface area contributed by atoms with Gasteiger partial charge in [-0.2, -0.15) is 0 Å². The number of hydrogen-bond donors (Lipinski definition) is 1. The zero-order valence-electron chi connectivity index (χ0n) is 19.8. The Balaban J connectivity index is 1.66. The van der Waals surface area contributed by atoms with E-state index < -0.39 is 6.17 Å². The molecule has 176 valence electrons. The van der Waals surface area contributed by atoms with E-state index in [2.05, 4.69) is 12.2 Å². The molecule has 0 saturated heterocycles. The highest BCUT2D eigenvalue weighted by atomic mass is 19.1. The van der Waals surface area contributed by atoms with Gasteiger partial charge in [0.05, 0.1) is 7.11 Å². The third kappa shape index (κ3) is 8.50. The van der Waals surface area contributed by atoms with E-state index in [0.717, 1.165) is 23.5 Å². The highest BCUT2D eigenvalue weighted by molar-refractivity contribution is 5.94. The summed E-state index contributed by atoms with van der Waals surface area (Å²) in [6.45, 7) is 8.67. The Labute approximate surface area is 191 Å². The van der Waals surface area contributed by atoms with Crippen LogP contribution in [-0.4, -0.2) is 56.9 Å². The summed E-state index contributed by atoms with van der Waals surface area (Å²) in [7, 11) is 1.62. The van der Waals surface area contributed by atoms with Gasteiger partial charge in [0.15, 0.2) is 0 Å². The SMILES string of the molecule is CCCN(CCCC(F)CNCCOc1ccc(OC)cc1)C(=O)c1ccc(C)c(C)c1. The Morgan fingerprint density at radius 1 is 1.06 bits per heavy atom. The van der Waals surface area contributed by atoms with Gasteiger partial charge in [0.25, 0.3) is 5.91 Å². The molecule has 0 heterocycles. The minimum absolute atomic E-state index is 0.0270. The number of ether oxygens (including phenoxy) is 2. The predicted octanol–water partition coefficient (Wildman–Crippen LogP) is 4.95. The van der Waals surface area contributed by atoms with Crippen molar-refractivity contribution < 1.29 is 18.7 Å². The lowest BCUT2D eigenvalue weighted by Crippen LogP contribution is -2.34. The van der Waals surface area contributed by atoms with Gasteiger partial charge in [0.2, 0.25) is 0 Å². The zero-order chi connectivity index (χ0) is 23.3. The number of amides is 1. The van der Waals surface area contributed by atoms with Crippen molar-refractivity contribution in [2.75, 3.05) is 39.9 Å². The van der Waals surface area contributed by atoms with E-state index in [4.69, 9.17) is 9.47 Å². The predicted molar refractivity (Wildman–Crippen MR) is 128 cm³/mol. The number of nitrogens with zero attached hydrogens (tertiary/aromatic N) is 1.